The van der Waals surface area contributed by atoms with Crippen molar-refractivity contribution in [2.24, 2.45) is 5.92 Å². The fourth-order valence-electron chi connectivity index (χ4n) is 8.62. The minimum absolute atomic E-state index is 0.152. The number of fused-ring (bicyclic) bond motifs is 3. The Morgan fingerprint density at radius 3 is 2.40 bits per heavy atom. The van der Waals surface area contributed by atoms with Crippen molar-refractivity contribution in [1.29, 1.82) is 0 Å². The van der Waals surface area contributed by atoms with Gasteiger partial charge in [0.25, 0.3) is 0 Å². The lowest BCUT2D eigenvalue weighted by molar-refractivity contribution is 0.0120. The lowest BCUT2D eigenvalue weighted by atomic mass is 9.94. The largest absolute Gasteiger partial charge is 0.507 e. The van der Waals surface area contributed by atoms with Crippen LogP contribution >= 0.6 is 0 Å². The number of hydrogen-bond acceptors (Lipinski definition) is 10. The summed E-state index contributed by atoms with van der Waals surface area (Å²) in [5.74, 6) is 1.62. The lowest BCUT2D eigenvalue weighted by Gasteiger charge is -2.50. The zero-order valence-corrected chi connectivity index (χ0v) is 28.6. The summed E-state index contributed by atoms with van der Waals surface area (Å²) in [4.78, 5) is 25.3. The maximum atomic E-state index is 12.6. The quantitative estimate of drug-likeness (QED) is 0.488. The van der Waals surface area contributed by atoms with Crippen LogP contribution in [-0.2, 0) is 4.74 Å². The molecule has 1 unspecified atom stereocenters. The molecular formula is C36H54N8O3. The van der Waals surface area contributed by atoms with Gasteiger partial charge in [-0.3, -0.25) is 4.90 Å². The summed E-state index contributed by atoms with van der Waals surface area (Å²) in [5.41, 5.74) is 2.09. The maximum Gasteiger partial charge on any atom is 0.410 e. The van der Waals surface area contributed by atoms with Crippen molar-refractivity contribution in [2.75, 3.05) is 82.2 Å². The number of piperazine rings is 1. The first kappa shape index (κ1) is 32.4. The number of carbonyl (C=O) groups is 1. The van der Waals surface area contributed by atoms with Crippen molar-refractivity contribution in [3.8, 4) is 17.0 Å². The van der Waals surface area contributed by atoms with E-state index in [0.29, 0.717) is 29.7 Å². The van der Waals surface area contributed by atoms with Crippen LogP contribution in [0.15, 0.2) is 30.3 Å². The Labute approximate surface area is 280 Å². The van der Waals surface area contributed by atoms with Gasteiger partial charge < -0.3 is 34.8 Å². The van der Waals surface area contributed by atoms with Crippen LogP contribution in [0.1, 0.15) is 59.3 Å². The molecule has 1 aromatic heterocycles. The van der Waals surface area contributed by atoms with E-state index in [1.807, 2.05) is 43.9 Å². The number of likely N-dealkylation sites (tertiary alicyclic amines) is 3. The predicted molar refractivity (Wildman–Crippen MR) is 185 cm³/mol. The molecule has 4 fully saturated rings. The van der Waals surface area contributed by atoms with Crippen molar-refractivity contribution in [1.82, 2.24) is 29.8 Å². The Morgan fingerprint density at radius 2 is 1.64 bits per heavy atom. The number of hydrogen-bond donors (Lipinski definition) is 2. The normalized spacial score (nSPS) is 25.6. The molecule has 256 valence electrons. The molecule has 0 aliphatic carbocycles. The highest BCUT2D eigenvalue weighted by molar-refractivity contribution is 5.76. The standard InChI is InChI=1S/C36H54N8O3/c1-36(2,3)47-35(46)43-14-6-7-26(24-43)23-40-15-10-27(11-16-40)41-17-12-28(13-18-41)42-19-20-44-29(25-42)22-37-34-32(44)21-31(38-39-34)30-8-4-5-9-33(30)45/h4-5,8-9,21,26-29,45H,6-7,10-20,22-25H2,1-3H3,(H,37,39)/t26?,29-/m0/s1. The summed E-state index contributed by atoms with van der Waals surface area (Å²) in [7, 11) is 0. The number of anilines is 2. The number of nitrogens with zero attached hydrogens (tertiary/aromatic N) is 7. The first-order valence-electron chi connectivity index (χ1n) is 18.0. The highest BCUT2D eigenvalue weighted by Crippen LogP contribution is 2.37. The number of rotatable bonds is 5. The van der Waals surface area contributed by atoms with Crippen molar-refractivity contribution in [3.05, 3.63) is 30.3 Å². The van der Waals surface area contributed by atoms with Crippen LogP contribution in [0.2, 0.25) is 0 Å². The number of para-hydroxylation sites is 1. The van der Waals surface area contributed by atoms with Crippen LogP contribution in [0, 0.1) is 5.92 Å². The van der Waals surface area contributed by atoms with Crippen molar-refractivity contribution >= 4 is 17.6 Å². The Balaban J connectivity index is 0.859. The highest BCUT2D eigenvalue weighted by Gasteiger charge is 2.38. The first-order chi connectivity index (χ1) is 22.7. The molecule has 5 aliphatic heterocycles. The van der Waals surface area contributed by atoms with E-state index in [1.54, 1.807) is 6.07 Å². The molecule has 4 saturated heterocycles. The second kappa shape index (κ2) is 13.8. The van der Waals surface area contributed by atoms with E-state index in [1.165, 1.54) is 58.3 Å². The maximum absolute atomic E-state index is 12.6. The zero-order chi connectivity index (χ0) is 32.5. The molecule has 7 rings (SSSR count). The smallest absolute Gasteiger partial charge is 0.410 e. The van der Waals surface area contributed by atoms with Crippen molar-refractivity contribution < 1.29 is 14.6 Å². The number of amides is 1. The van der Waals surface area contributed by atoms with Gasteiger partial charge in [-0.25, -0.2) is 4.79 Å². The first-order valence-corrected chi connectivity index (χ1v) is 18.0. The third-order valence-electron chi connectivity index (χ3n) is 11.1. The van der Waals surface area contributed by atoms with Crippen LogP contribution in [0.25, 0.3) is 11.3 Å². The number of aromatic nitrogens is 2. The molecule has 1 aromatic carbocycles. The molecule has 47 heavy (non-hydrogen) atoms. The van der Waals surface area contributed by atoms with Gasteiger partial charge in [-0.1, -0.05) is 12.1 Å². The SMILES string of the molecule is CC(C)(C)OC(=O)N1CCCC(CN2CCC(N3CCC(N4CCN5c6cc(-c7ccccc7O)nnc6NC[C@H]5C4)CC3)CC2)C1. The number of carbonyl (C=O) groups excluding carboxylic acids is 1. The summed E-state index contributed by atoms with van der Waals surface area (Å²) in [6.07, 6.45) is 7.14. The van der Waals surface area contributed by atoms with Gasteiger partial charge in [-0.15, -0.1) is 10.2 Å². The minimum Gasteiger partial charge on any atom is -0.507 e. The Morgan fingerprint density at radius 1 is 0.894 bits per heavy atom. The molecule has 2 N–H and O–H groups in total. The van der Waals surface area contributed by atoms with Crippen LogP contribution in [-0.4, -0.2) is 137 Å². The van der Waals surface area contributed by atoms with Gasteiger partial charge in [-0.2, -0.15) is 0 Å². The molecule has 1 amide bonds. The molecule has 0 spiro atoms. The predicted octanol–water partition coefficient (Wildman–Crippen LogP) is 4.34. The van der Waals surface area contributed by atoms with Crippen molar-refractivity contribution in [3.63, 3.8) is 0 Å². The van der Waals surface area contributed by atoms with Gasteiger partial charge in [-0.05, 0) is 110 Å². The van der Waals surface area contributed by atoms with Crippen LogP contribution in [0.3, 0.4) is 0 Å². The minimum atomic E-state index is -0.439. The van der Waals surface area contributed by atoms with Crippen LogP contribution in [0.5, 0.6) is 5.75 Å². The third-order valence-corrected chi connectivity index (χ3v) is 11.1. The number of ether oxygens (including phenoxy) is 1. The summed E-state index contributed by atoms with van der Waals surface area (Å²) in [5, 5.41) is 22.8. The van der Waals surface area contributed by atoms with Gasteiger partial charge in [0.1, 0.15) is 11.4 Å². The van der Waals surface area contributed by atoms with Gasteiger partial charge in [0.15, 0.2) is 5.82 Å². The van der Waals surface area contributed by atoms with E-state index >= 15 is 0 Å². The summed E-state index contributed by atoms with van der Waals surface area (Å²) >= 11 is 0. The van der Waals surface area contributed by atoms with E-state index in [2.05, 4.69) is 41.2 Å². The Bertz CT molecular complexity index is 1380. The Hall–Kier alpha value is -3.15. The average Bonchev–Trinajstić information content (AvgIpc) is 3.08. The number of phenolic OH excluding ortho intramolecular Hbond substituents is 1. The monoisotopic (exact) mass is 646 g/mol. The van der Waals surface area contributed by atoms with E-state index in [4.69, 9.17) is 4.74 Å². The fraction of sp³-hybridized carbons (Fsp3) is 0.694. The second-order valence-electron chi connectivity index (χ2n) is 15.4. The number of benzene rings is 1. The summed E-state index contributed by atoms with van der Waals surface area (Å²) in [6, 6.07) is 11.2. The highest BCUT2D eigenvalue weighted by atomic mass is 16.6. The van der Waals surface area contributed by atoms with E-state index in [9.17, 15) is 9.90 Å². The lowest BCUT2D eigenvalue weighted by Crippen LogP contribution is -2.61. The molecule has 11 nitrogen and oxygen atoms in total. The molecule has 0 radical (unpaired) electrons. The summed E-state index contributed by atoms with van der Waals surface area (Å²) in [6.45, 7) is 17.3. The number of aromatic hydroxyl groups is 1. The van der Waals surface area contributed by atoms with Gasteiger partial charge >= 0.3 is 6.09 Å². The topological polar surface area (TPSA) is 101 Å². The van der Waals surface area contributed by atoms with E-state index in [-0.39, 0.29) is 11.8 Å². The van der Waals surface area contributed by atoms with Gasteiger partial charge in [0.2, 0.25) is 0 Å². The van der Waals surface area contributed by atoms with Crippen LogP contribution in [0.4, 0.5) is 16.3 Å². The number of piperidine rings is 3. The van der Waals surface area contributed by atoms with E-state index < -0.39 is 5.60 Å². The van der Waals surface area contributed by atoms with Gasteiger partial charge in [0, 0.05) is 63.5 Å². The summed E-state index contributed by atoms with van der Waals surface area (Å²) < 4.78 is 5.65. The molecular weight excluding hydrogens is 592 g/mol. The molecule has 0 bridgehead atoms. The second-order valence-corrected chi connectivity index (χ2v) is 15.4. The van der Waals surface area contributed by atoms with Crippen molar-refractivity contribution in [2.45, 2.75) is 83.0 Å². The molecule has 11 heteroatoms. The number of nitrogens with one attached hydrogen (secondary N) is 1. The molecule has 6 heterocycles. The average molecular weight is 647 g/mol. The number of phenols is 1. The fourth-order valence-corrected chi connectivity index (χ4v) is 8.62. The Kier molecular flexibility index (Phi) is 9.49. The van der Waals surface area contributed by atoms with Gasteiger partial charge in [0.05, 0.1) is 17.4 Å². The molecule has 2 aromatic rings. The molecule has 2 atom stereocenters. The molecule has 5 aliphatic rings. The zero-order valence-electron chi connectivity index (χ0n) is 28.6. The van der Waals surface area contributed by atoms with E-state index in [0.717, 1.165) is 69.3 Å². The third kappa shape index (κ3) is 7.47. The van der Waals surface area contributed by atoms with Crippen LogP contribution < -0.4 is 10.2 Å². The molecule has 0 saturated carbocycles.